The number of carbonyl (C=O) groups excluding carboxylic acids is 1. The van der Waals surface area contributed by atoms with Crippen molar-refractivity contribution in [1.82, 2.24) is 4.90 Å². The fourth-order valence-corrected chi connectivity index (χ4v) is 2.30. The van der Waals surface area contributed by atoms with Crippen LogP contribution in [0.1, 0.15) is 15.9 Å². The molecule has 0 aliphatic carbocycles. The molecule has 108 valence electrons. The fraction of sp³-hybridized carbons (Fsp3) is 0.429. The van der Waals surface area contributed by atoms with Crippen LogP contribution in [0.15, 0.2) is 24.3 Å². The summed E-state index contributed by atoms with van der Waals surface area (Å²) in [7, 11) is 1.61. The Morgan fingerprint density at radius 3 is 2.55 bits per heavy atom. The van der Waals surface area contributed by atoms with Gasteiger partial charge in [0.15, 0.2) is 0 Å². The molecular weight excluding hydrogens is 260 g/mol. The van der Waals surface area contributed by atoms with Crippen LogP contribution in [0, 0.1) is 5.92 Å². The molecular formula is C14H18N2O4. The molecule has 1 aromatic rings. The lowest BCUT2D eigenvalue weighted by Gasteiger charge is -2.26. The van der Waals surface area contributed by atoms with E-state index in [2.05, 4.69) is 0 Å². The molecule has 1 saturated heterocycles. The first-order valence-corrected chi connectivity index (χ1v) is 6.41. The van der Waals surface area contributed by atoms with E-state index in [0.29, 0.717) is 12.1 Å². The van der Waals surface area contributed by atoms with E-state index >= 15 is 0 Å². The van der Waals surface area contributed by atoms with Crippen LogP contribution in [0.25, 0.3) is 0 Å². The van der Waals surface area contributed by atoms with E-state index in [1.54, 1.807) is 31.3 Å². The Balaban J connectivity index is 2.13. The number of rotatable bonds is 4. The number of amides is 1. The van der Waals surface area contributed by atoms with Gasteiger partial charge >= 0.3 is 5.97 Å². The van der Waals surface area contributed by atoms with Crippen LogP contribution in [0.4, 0.5) is 0 Å². The third-order valence-electron chi connectivity index (χ3n) is 3.62. The predicted octanol–water partition coefficient (Wildman–Crippen LogP) is 0.317. The van der Waals surface area contributed by atoms with Crippen molar-refractivity contribution in [3.05, 3.63) is 35.4 Å². The summed E-state index contributed by atoms with van der Waals surface area (Å²) in [5.41, 5.74) is 6.97. The third-order valence-corrected chi connectivity index (χ3v) is 3.62. The molecule has 1 amide bonds. The minimum atomic E-state index is -0.939. The molecule has 0 bridgehead atoms. The molecule has 2 rings (SSSR count). The van der Waals surface area contributed by atoms with Crippen molar-refractivity contribution >= 4 is 11.9 Å². The van der Waals surface area contributed by atoms with Crippen molar-refractivity contribution in [3.8, 4) is 0 Å². The molecule has 1 heterocycles. The number of hydrogen-bond donors (Lipinski definition) is 2. The van der Waals surface area contributed by atoms with Gasteiger partial charge in [0.25, 0.3) is 5.91 Å². The Bertz CT molecular complexity index is 500. The van der Waals surface area contributed by atoms with Gasteiger partial charge in [-0.3, -0.25) is 9.59 Å². The van der Waals surface area contributed by atoms with Gasteiger partial charge in [0, 0.05) is 19.2 Å². The van der Waals surface area contributed by atoms with E-state index in [9.17, 15) is 9.59 Å². The largest absolute Gasteiger partial charge is 0.481 e. The van der Waals surface area contributed by atoms with Gasteiger partial charge in [-0.15, -0.1) is 0 Å². The number of nitrogens with two attached hydrogens (primary N) is 1. The number of carbonyl (C=O) groups is 2. The van der Waals surface area contributed by atoms with E-state index < -0.39 is 17.9 Å². The van der Waals surface area contributed by atoms with Gasteiger partial charge in [0.2, 0.25) is 0 Å². The van der Waals surface area contributed by atoms with E-state index in [0.717, 1.165) is 5.56 Å². The second-order valence-corrected chi connectivity index (χ2v) is 4.87. The fourth-order valence-electron chi connectivity index (χ4n) is 2.30. The maximum atomic E-state index is 12.3. The summed E-state index contributed by atoms with van der Waals surface area (Å²) < 4.78 is 5.18. The molecule has 0 radical (unpaired) electrons. The maximum absolute atomic E-state index is 12.3. The average molecular weight is 278 g/mol. The molecule has 6 nitrogen and oxygen atoms in total. The first-order chi connectivity index (χ1) is 9.54. The van der Waals surface area contributed by atoms with Crippen LogP contribution in [-0.4, -0.2) is 48.2 Å². The topological polar surface area (TPSA) is 92.9 Å². The highest BCUT2D eigenvalue weighted by Crippen LogP contribution is 2.20. The van der Waals surface area contributed by atoms with Crippen molar-refractivity contribution in [2.75, 3.05) is 20.3 Å². The van der Waals surface area contributed by atoms with Gasteiger partial charge in [-0.2, -0.15) is 0 Å². The zero-order valence-electron chi connectivity index (χ0n) is 11.3. The molecule has 6 heteroatoms. The minimum absolute atomic E-state index is 0.143. The number of carboxylic acids is 1. The molecule has 2 atom stereocenters. The molecule has 1 aromatic carbocycles. The zero-order valence-corrected chi connectivity index (χ0v) is 11.3. The number of hydrogen-bond acceptors (Lipinski definition) is 4. The quantitative estimate of drug-likeness (QED) is 0.827. The standard InChI is InChI=1S/C14H18N2O4/c1-16(12-8-20-7-11(12)14(18)19)13(17)10-4-2-9(6-15)3-5-10/h2-5,11-12H,6-8,15H2,1H3,(H,18,19). The van der Waals surface area contributed by atoms with Gasteiger partial charge in [-0.05, 0) is 17.7 Å². The normalized spacial score (nSPS) is 21.7. The van der Waals surface area contributed by atoms with Crippen LogP contribution in [-0.2, 0) is 16.1 Å². The average Bonchev–Trinajstić information content (AvgIpc) is 2.95. The molecule has 0 aromatic heterocycles. The van der Waals surface area contributed by atoms with Crippen LogP contribution >= 0.6 is 0 Å². The van der Waals surface area contributed by atoms with E-state index in [1.807, 2.05) is 0 Å². The molecule has 0 saturated carbocycles. The van der Waals surface area contributed by atoms with Crippen molar-refractivity contribution in [2.24, 2.45) is 11.7 Å². The molecule has 1 fully saturated rings. The highest BCUT2D eigenvalue weighted by Gasteiger charge is 2.38. The van der Waals surface area contributed by atoms with Gasteiger partial charge in [-0.1, -0.05) is 12.1 Å². The summed E-state index contributed by atoms with van der Waals surface area (Å²) in [6.45, 7) is 0.811. The summed E-state index contributed by atoms with van der Waals surface area (Å²) in [5, 5.41) is 9.12. The Morgan fingerprint density at radius 2 is 2.00 bits per heavy atom. The Kier molecular flexibility index (Phi) is 4.36. The zero-order chi connectivity index (χ0) is 14.7. The number of aliphatic carboxylic acids is 1. The molecule has 20 heavy (non-hydrogen) atoms. The van der Waals surface area contributed by atoms with Crippen LogP contribution in [0.2, 0.25) is 0 Å². The van der Waals surface area contributed by atoms with Crippen molar-refractivity contribution < 1.29 is 19.4 Å². The first-order valence-electron chi connectivity index (χ1n) is 6.41. The maximum Gasteiger partial charge on any atom is 0.311 e. The lowest BCUT2D eigenvalue weighted by atomic mass is 10.0. The predicted molar refractivity (Wildman–Crippen MR) is 72.2 cm³/mol. The van der Waals surface area contributed by atoms with E-state index in [4.69, 9.17) is 15.6 Å². The Morgan fingerprint density at radius 1 is 1.35 bits per heavy atom. The number of benzene rings is 1. The lowest BCUT2D eigenvalue weighted by molar-refractivity contribution is -0.142. The lowest BCUT2D eigenvalue weighted by Crippen LogP contribution is -2.44. The van der Waals surface area contributed by atoms with Gasteiger partial charge in [-0.25, -0.2) is 0 Å². The van der Waals surface area contributed by atoms with Gasteiger partial charge in [0.1, 0.15) is 5.92 Å². The summed E-state index contributed by atoms with van der Waals surface area (Å²) >= 11 is 0. The van der Waals surface area contributed by atoms with Gasteiger partial charge in [0.05, 0.1) is 19.3 Å². The minimum Gasteiger partial charge on any atom is -0.481 e. The summed E-state index contributed by atoms with van der Waals surface area (Å²) in [5.74, 6) is -1.83. The third kappa shape index (κ3) is 2.81. The highest BCUT2D eigenvalue weighted by atomic mass is 16.5. The number of carboxylic acid groups (broad SMARTS) is 1. The summed E-state index contributed by atoms with van der Waals surface area (Å²) in [4.78, 5) is 24.9. The van der Waals surface area contributed by atoms with Crippen molar-refractivity contribution in [1.29, 1.82) is 0 Å². The number of ether oxygens (including phenoxy) is 1. The monoisotopic (exact) mass is 278 g/mol. The van der Waals surface area contributed by atoms with Crippen LogP contribution in [0.3, 0.4) is 0 Å². The van der Waals surface area contributed by atoms with E-state index in [1.165, 1.54) is 4.90 Å². The van der Waals surface area contributed by atoms with Crippen LogP contribution in [0.5, 0.6) is 0 Å². The summed E-state index contributed by atoms with van der Waals surface area (Å²) in [6.07, 6.45) is 0. The van der Waals surface area contributed by atoms with Crippen LogP contribution < -0.4 is 5.73 Å². The summed E-state index contributed by atoms with van der Waals surface area (Å²) in [6, 6.07) is 6.55. The van der Waals surface area contributed by atoms with Crippen molar-refractivity contribution in [3.63, 3.8) is 0 Å². The second kappa shape index (κ2) is 6.02. The Labute approximate surface area is 117 Å². The first kappa shape index (κ1) is 14.5. The molecule has 1 aliphatic heterocycles. The number of likely N-dealkylation sites (N-methyl/N-ethyl adjacent to an activating group) is 1. The van der Waals surface area contributed by atoms with Gasteiger partial charge < -0.3 is 20.5 Å². The molecule has 2 unspecified atom stereocenters. The molecule has 3 N–H and O–H groups in total. The van der Waals surface area contributed by atoms with E-state index in [-0.39, 0.29) is 19.1 Å². The molecule has 0 spiro atoms. The SMILES string of the molecule is CN(C(=O)c1ccc(CN)cc1)C1COCC1C(=O)O. The highest BCUT2D eigenvalue weighted by molar-refractivity contribution is 5.94. The van der Waals surface area contributed by atoms with Crippen molar-refractivity contribution in [2.45, 2.75) is 12.6 Å². The second-order valence-electron chi connectivity index (χ2n) is 4.87. The Hall–Kier alpha value is -1.92. The molecule has 1 aliphatic rings. The number of nitrogens with zero attached hydrogens (tertiary/aromatic N) is 1. The smallest absolute Gasteiger partial charge is 0.311 e.